The lowest BCUT2D eigenvalue weighted by Crippen LogP contribution is -2.45. The number of nitrogens with zero attached hydrogens (tertiary/aromatic N) is 1. The largest absolute Gasteiger partial charge is 0.744 e. The molecule has 5 aromatic rings. The maximum Gasteiger partial charge on any atom is 0.346 e. The van der Waals surface area contributed by atoms with Gasteiger partial charge in [0.05, 0.1) is 10.3 Å². The molecule has 4 aromatic carbocycles. The van der Waals surface area contributed by atoms with Gasteiger partial charge in [-0.15, -0.1) is 0 Å². The zero-order chi connectivity index (χ0) is 29.0. The maximum atomic E-state index is 10.8. The van der Waals surface area contributed by atoms with E-state index in [2.05, 4.69) is 0 Å². The first-order valence-electron chi connectivity index (χ1n) is 12.3. The molecule has 5 rings (SSSR count). The van der Waals surface area contributed by atoms with Crippen molar-refractivity contribution < 1.29 is 22.4 Å². The Morgan fingerprint density at radius 1 is 0.850 bits per heavy atom. The molecule has 0 unspecified atom stereocenters. The SMILES string of the molecule is Cc1cc(C)c(S(=O)(=O)[O-])c(C)c1.N[n+]1cc2c(-c3cccc(Cl)c3)cccc2c(OCc2ccccc2)c1Cl. The molecule has 1 heterocycles. The number of hydrogen-bond acceptors (Lipinski definition) is 5. The molecule has 0 saturated carbocycles. The van der Waals surface area contributed by atoms with Crippen molar-refractivity contribution in [1.29, 1.82) is 0 Å². The van der Waals surface area contributed by atoms with Crippen LogP contribution >= 0.6 is 23.2 Å². The van der Waals surface area contributed by atoms with E-state index in [0.717, 1.165) is 33.0 Å². The molecule has 0 bridgehead atoms. The van der Waals surface area contributed by atoms with Crippen LogP contribution in [0, 0.1) is 20.8 Å². The fraction of sp³-hybridized carbons (Fsp3) is 0.129. The predicted molar refractivity (Wildman–Crippen MR) is 159 cm³/mol. The van der Waals surface area contributed by atoms with Gasteiger partial charge in [0, 0.05) is 10.4 Å². The summed E-state index contributed by atoms with van der Waals surface area (Å²) in [4.78, 5) is -0.0851. The summed E-state index contributed by atoms with van der Waals surface area (Å²) < 4.78 is 40.0. The third kappa shape index (κ3) is 6.74. The Kier molecular flexibility index (Phi) is 9.01. The Hall–Kier alpha value is -3.62. The van der Waals surface area contributed by atoms with Gasteiger partial charge >= 0.3 is 5.15 Å². The zero-order valence-electron chi connectivity index (χ0n) is 22.2. The van der Waals surface area contributed by atoms with E-state index in [9.17, 15) is 13.0 Å². The number of aromatic nitrogens is 1. The van der Waals surface area contributed by atoms with Crippen molar-refractivity contribution in [2.24, 2.45) is 0 Å². The van der Waals surface area contributed by atoms with Crippen LogP contribution in [0.4, 0.5) is 0 Å². The van der Waals surface area contributed by atoms with Crippen LogP contribution in [0.15, 0.2) is 96.0 Å². The minimum absolute atomic E-state index is 0.0851. The van der Waals surface area contributed by atoms with Crippen molar-refractivity contribution in [3.05, 3.63) is 124 Å². The Labute approximate surface area is 244 Å². The Bertz CT molecular complexity index is 1770. The van der Waals surface area contributed by atoms with Gasteiger partial charge in [-0.3, -0.25) is 0 Å². The second-order valence-electron chi connectivity index (χ2n) is 9.39. The molecule has 40 heavy (non-hydrogen) atoms. The highest BCUT2D eigenvalue weighted by atomic mass is 35.5. The second-order valence-corrected chi connectivity index (χ2v) is 11.5. The van der Waals surface area contributed by atoms with Crippen LogP contribution in [0.25, 0.3) is 21.9 Å². The van der Waals surface area contributed by atoms with Crippen LogP contribution in [0.1, 0.15) is 22.3 Å². The molecule has 2 N–H and O–H groups in total. The van der Waals surface area contributed by atoms with Gasteiger partial charge in [0.1, 0.15) is 16.7 Å². The lowest BCUT2D eigenvalue weighted by atomic mass is 9.99. The van der Waals surface area contributed by atoms with E-state index in [0.29, 0.717) is 33.7 Å². The number of rotatable bonds is 5. The number of fused-ring (bicyclic) bond motifs is 1. The fourth-order valence-corrected chi connectivity index (χ4v) is 5.96. The molecule has 0 fully saturated rings. The molecule has 0 aliphatic rings. The van der Waals surface area contributed by atoms with Gasteiger partial charge < -0.3 is 9.29 Å². The summed E-state index contributed by atoms with van der Waals surface area (Å²) >= 11 is 12.6. The number of benzene rings is 4. The number of nitrogens with two attached hydrogens (primary N) is 1. The number of aryl methyl sites for hydroxylation is 3. The molecular formula is C31H28Cl2N2O4S. The van der Waals surface area contributed by atoms with Gasteiger partial charge in [-0.25, -0.2) is 14.3 Å². The zero-order valence-corrected chi connectivity index (χ0v) is 24.5. The average Bonchev–Trinajstić information content (AvgIpc) is 2.88. The number of pyridine rings is 1. The standard InChI is InChI=1S/C22H17Cl2N2O.C9H12O3S/c23-17-9-4-8-16(12-17)18-10-5-11-19-20(18)13-26(25)22(24)21(19)27-14-15-6-2-1-3-7-15;1-6-4-7(2)9(8(3)5-6)13(10,11)12/h1-13H,14,25H2;4-5H,1-3H3,(H,10,11,12)/q+1;/p-1. The van der Waals surface area contributed by atoms with E-state index >= 15 is 0 Å². The molecule has 0 aliphatic carbocycles. The number of hydrogen-bond donors (Lipinski definition) is 1. The van der Waals surface area contributed by atoms with Crippen LogP contribution in [0.5, 0.6) is 5.75 Å². The van der Waals surface area contributed by atoms with E-state index in [1.54, 1.807) is 26.0 Å². The monoisotopic (exact) mass is 594 g/mol. The first kappa shape index (κ1) is 29.4. The van der Waals surface area contributed by atoms with Crippen molar-refractivity contribution >= 4 is 44.1 Å². The van der Waals surface area contributed by atoms with E-state index in [1.165, 1.54) is 4.68 Å². The summed E-state index contributed by atoms with van der Waals surface area (Å²) in [7, 11) is -4.33. The third-order valence-electron chi connectivity index (χ3n) is 6.25. The molecule has 6 nitrogen and oxygen atoms in total. The first-order chi connectivity index (χ1) is 19.0. The highest BCUT2D eigenvalue weighted by molar-refractivity contribution is 7.85. The van der Waals surface area contributed by atoms with Crippen LogP contribution in [0.2, 0.25) is 10.2 Å². The molecule has 1 aromatic heterocycles. The Balaban J connectivity index is 0.000000240. The smallest absolute Gasteiger partial charge is 0.346 e. The van der Waals surface area contributed by atoms with Gasteiger partial charge in [0.2, 0.25) is 11.9 Å². The van der Waals surface area contributed by atoms with Crippen LogP contribution in [-0.4, -0.2) is 13.0 Å². The van der Waals surface area contributed by atoms with Crippen LogP contribution in [-0.2, 0) is 16.7 Å². The van der Waals surface area contributed by atoms with Crippen molar-refractivity contribution in [2.75, 3.05) is 5.84 Å². The topological polar surface area (TPSA) is 96.3 Å². The van der Waals surface area contributed by atoms with E-state index in [1.807, 2.05) is 85.9 Å². The summed E-state index contributed by atoms with van der Waals surface area (Å²) in [5.74, 6) is 6.67. The summed E-state index contributed by atoms with van der Waals surface area (Å²) in [5, 5.41) is 2.87. The highest BCUT2D eigenvalue weighted by Gasteiger charge is 2.21. The molecule has 0 amide bonds. The lowest BCUT2D eigenvalue weighted by Gasteiger charge is -2.14. The third-order valence-corrected chi connectivity index (χ3v) is 8.00. The first-order valence-corrected chi connectivity index (χ1v) is 14.5. The molecule has 206 valence electrons. The van der Waals surface area contributed by atoms with E-state index < -0.39 is 10.1 Å². The minimum atomic E-state index is -4.33. The van der Waals surface area contributed by atoms with Crippen LogP contribution < -0.4 is 15.3 Å². The predicted octanol–water partition coefficient (Wildman–Crippen LogP) is 6.91. The summed E-state index contributed by atoms with van der Waals surface area (Å²) in [6, 6.07) is 27.0. The molecule has 9 heteroatoms. The molecular weight excluding hydrogens is 567 g/mol. The van der Waals surface area contributed by atoms with E-state index in [-0.39, 0.29) is 4.90 Å². The number of ether oxygens (including phenoxy) is 1. The van der Waals surface area contributed by atoms with E-state index in [4.69, 9.17) is 33.8 Å². The maximum absolute atomic E-state index is 10.8. The Morgan fingerprint density at radius 3 is 2.12 bits per heavy atom. The van der Waals surface area contributed by atoms with Gasteiger partial charge in [-0.2, -0.15) is 0 Å². The summed E-state index contributed by atoms with van der Waals surface area (Å²) in [6.45, 7) is 5.53. The van der Waals surface area contributed by atoms with Crippen molar-refractivity contribution in [3.8, 4) is 16.9 Å². The molecule has 0 atom stereocenters. The second kappa shape index (κ2) is 12.3. The number of halogens is 2. The van der Waals surface area contributed by atoms with Gasteiger partial charge in [0.25, 0.3) is 0 Å². The molecule has 0 spiro atoms. The highest BCUT2D eigenvalue weighted by Crippen LogP contribution is 2.36. The van der Waals surface area contributed by atoms with Crippen LogP contribution in [0.3, 0.4) is 0 Å². The van der Waals surface area contributed by atoms with Crippen molar-refractivity contribution in [2.45, 2.75) is 32.3 Å². The van der Waals surface area contributed by atoms with Gasteiger partial charge in [-0.1, -0.05) is 94.6 Å². The van der Waals surface area contributed by atoms with Crippen molar-refractivity contribution in [3.63, 3.8) is 0 Å². The average molecular weight is 596 g/mol. The quantitative estimate of drug-likeness (QED) is 0.103. The molecule has 0 saturated heterocycles. The molecule has 0 aliphatic heterocycles. The lowest BCUT2D eigenvalue weighted by molar-refractivity contribution is -0.635. The fourth-order valence-electron chi connectivity index (χ4n) is 4.66. The number of nitrogen functional groups attached to an aromatic ring is 1. The van der Waals surface area contributed by atoms with Gasteiger partial charge in [0.15, 0.2) is 0 Å². The normalized spacial score (nSPS) is 11.2. The summed E-state index contributed by atoms with van der Waals surface area (Å²) in [5.41, 5.74) is 5.07. The molecule has 0 radical (unpaired) electrons. The Morgan fingerprint density at radius 2 is 1.50 bits per heavy atom. The van der Waals surface area contributed by atoms with Crippen molar-refractivity contribution in [1.82, 2.24) is 0 Å². The summed E-state index contributed by atoms with van der Waals surface area (Å²) in [6.07, 6.45) is 1.81. The minimum Gasteiger partial charge on any atom is -0.744 e. The van der Waals surface area contributed by atoms with Gasteiger partial charge in [-0.05, 0) is 72.3 Å².